The van der Waals surface area contributed by atoms with Crippen LogP contribution in [0.3, 0.4) is 0 Å². The molecule has 0 heterocycles. The van der Waals surface area contributed by atoms with Gasteiger partial charge < -0.3 is 9.66 Å². The molecule has 0 aromatic rings. The van der Waals surface area contributed by atoms with Crippen molar-refractivity contribution >= 4 is 10.1 Å². The molecule has 0 aliphatic heterocycles. The molecule has 5 heteroatoms. The van der Waals surface area contributed by atoms with Gasteiger partial charge in [-0.25, -0.2) is 8.42 Å². The molecule has 0 saturated heterocycles. The van der Waals surface area contributed by atoms with E-state index >= 15 is 0 Å². The van der Waals surface area contributed by atoms with Gasteiger partial charge in [-0.05, 0) is 25.7 Å². The molecule has 0 amide bonds. The fourth-order valence-corrected chi connectivity index (χ4v) is 2.14. The largest absolute Gasteiger partial charge is 0.746 e. The lowest BCUT2D eigenvalue weighted by atomic mass is 9.97. The highest BCUT2D eigenvalue weighted by Crippen LogP contribution is 2.31. The molecule has 0 aromatic heterocycles. The summed E-state index contributed by atoms with van der Waals surface area (Å²) in [6.45, 7) is 0. The maximum absolute atomic E-state index is 10.5. The van der Waals surface area contributed by atoms with Gasteiger partial charge in [-0.2, -0.15) is 0 Å². The second kappa shape index (κ2) is 2.73. The predicted molar refractivity (Wildman–Crippen MR) is 37.7 cm³/mol. The van der Waals surface area contributed by atoms with E-state index < -0.39 is 15.1 Å². The zero-order valence-corrected chi connectivity index (χ0v) is 6.93. The van der Waals surface area contributed by atoms with Crippen LogP contribution in [0.5, 0.6) is 0 Å². The Morgan fingerprint density at radius 1 is 1.18 bits per heavy atom. The first kappa shape index (κ1) is 8.96. The number of aliphatic hydroxyl groups is 1. The van der Waals surface area contributed by atoms with Gasteiger partial charge in [0.25, 0.3) is 0 Å². The summed E-state index contributed by atoms with van der Waals surface area (Å²) in [4.78, 5) is -1.97. The van der Waals surface area contributed by atoms with E-state index in [0.29, 0.717) is 12.8 Å². The average molecular weight is 179 g/mol. The van der Waals surface area contributed by atoms with E-state index in [0.717, 1.165) is 6.42 Å². The van der Waals surface area contributed by atoms with Gasteiger partial charge in [0, 0.05) is 0 Å². The van der Waals surface area contributed by atoms with Crippen molar-refractivity contribution in [1.29, 1.82) is 0 Å². The summed E-state index contributed by atoms with van der Waals surface area (Å²) in [6, 6.07) is 0. The van der Waals surface area contributed by atoms with Gasteiger partial charge in [-0.15, -0.1) is 0 Å². The second-order valence-corrected chi connectivity index (χ2v) is 4.63. The Hall–Kier alpha value is -0.130. The number of hydrogen-bond acceptors (Lipinski definition) is 4. The molecule has 0 atom stereocenters. The summed E-state index contributed by atoms with van der Waals surface area (Å²) in [7, 11) is -4.52. The van der Waals surface area contributed by atoms with Crippen molar-refractivity contribution in [3.05, 3.63) is 0 Å². The summed E-state index contributed by atoms with van der Waals surface area (Å²) in [5.41, 5.74) is 0. The molecule has 0 radical (unpaired) electrons. The zero-order valence-electron chi connectivity index (χ0n) is 6.12. The van der Waals surface area contributed by atoms with Gasteiger partial charge in [0.15, 0.2) is 4.93 Å². The molecule has 1 fully saturated rings. The first-order valence-electron chi connectivity index (χ1n) is 3.63. The third-order valence-corrected chi connectivity index (χ3v) is 3.44. The molecular formula is C6H11O4S-. The zero-order chi connectivity index (χ0) is 8.54. The summed E-state index contributed by atoms with van der Waals surface area (Å²) in [5, 5.41) is 9.31. The monoisotopic (exact) mass is 179 g/mol. The standard InChI is InChI=1S/C6H12O4S/c7-6(11(8,9)10)4-2-1-3-5-6/h7H,1-5H2,(H,8,9,10)/p-1. The van der Waals surface area contributed by atoms with Crippen LogP contribution in [0, 0.1) is 0 Å². The first-order chi connectivity index (χ1) is 4.96. The minimum absolute atomic E-state index is 0.0961. The number of rotatable bonds is 1. The van der Waals surface area contributed by atoms with Gasteiger partial charge in [-0.1, -0.05) is 6.42 Å². The maximum Gasteiger partial charge on any atom is 0.153 e. The molecule has 11 heavy (non-hydrogen) atoms. The van der Waals surface area contributed by atoms with E-state index in [-0.39, 0.29) is 12.8 Å². The molecule has 0 spiro atoms. The van der Waals surface area contributed by atoms with Gasteiger partial charge in [0.2, 0.25) is 0 Å². The summed E-state index contributed by atoms with van der Waals surface area (Å²) in [6.07, 6.45) is 2.34. The van der Waals surface area contributed by atoms with E-state index in [1.54, 1.807) is 0 Å². The third-order valence-electron chi connectivity index (χ3n) is 2.10. The average Bonchev–Trinajstić information content (AvgIpc) is 1.87. The van der Waals surface area contributed by atoms with Crippen LogP contribution >= 0.6 is 0 Å². The highest BCUT2D eigenvalue weighted by Gasteiger charge is 2.35. The molecule has 1 saturated carbocycles. The van der Waals surface area contributed by atoms with Crippen LogP contribution in [-0.2, 0) is 10.1 Å². The Kier molecular flexibility index (Phi) is 2.22. The maximum atomic E-state index is 10.5. The molecule has 4 nitrogen and oxygen atoms in total. The lowest BCUT2D eigenvalue weighted by molar-refractivity contribution is 0.0726. The molecule has 0 aromatic carbocycles. The normalized spacial score (nSPS) is 24.9. The van der Waals surface area contributed by atoms with Crippen LogP contribution in [0.4, 0.5) is 0 Å². The highest BCUT2D eigenvalue weighted by atomic mass is 32.2. The first-order valence-corrected chi connectivity index (χ1v) is 5.04. The van der Waals surface area contributed by atoms with Gasteiger partial charge in [-0.3, -0.25) is 0 Å². The fourth-order valence-electron chi connectivity index (χ4n) is 1.35. The Morgan fingerprint density at radius 3 is 1.91 bits per heavy atom. The Labute approximate surface area is 66.0 Å². The Morgan fingerprint density at radius 2 is 1.64 bits per heavy atom. The van der Waals surface area contributed by atoms with Crippen LogP contribution in [-0.4, -0.2) is 23.0 Å². The van der Waals surface area contributed by atoms with E-state index in [1.165, 1.54) is 0 Å². The molecule has 0 bridgehead atoms. The lowest BCUT2D eigenvalue weighted by Crippen LogP contribution is -2.40. The van der Waals surface area contributed by atoms with Gasteiger partial charge in [0.05, 0.1) is 0 Å². The smallest absolute Gasteiger partial charge is 0.153 e. The van der Waals surface area contributed by atoms with Crippen molar-refractivity contribution in [1.82, 2.24) is 0 Å². The Bertz CT molecular complexity index is 225. The highest BCUT2D eigenvalue weighted by molar-refractivity contribution is 7.86. The van der Waals surface area contributed by atoms with Crippen LogP contribution in [0.15, 0.2) is 0 Å². The van der Waals surface area contributed by atoms with Gasteiger partial charge in [0.1, 0.15) is 10.1 Å². The SMILES string of the molecule is O=S(=O)([O-])C1(O)CCCCC1. The van der Waals surface area contributed by atoms with Crippen LogP contribution in [0.1, 0.15) is 32.1 Å². The molecule has 1 aliphatic rings. The Balaban J connectivity index is 2.81. The molecule has 66 valence electrons. The van der Waals surface area contributed by atoms with E-state index in [1.807, 2.05) is 0 Å². The lowest BCUT2D eigenvalue weighted by Gasteiger charge is -2.33. The van der Waals surface area contributed by atoms with Crippen LogP contribution in [0.2, 0.25) is 0 Å². The van der Waals surface area contributed by atoms with Crippen molar-refractivity contribution in [3.8, 4) is 0 Å². The summed E-state index contributed by atoms with van der Waals surface area (Å²) >= 11 is 0. The molecule has 1 N–H and O–H groups in total. The minimum atomic E-state index is -4.52. The van der Waals surface area contributed by atoms with E-state index in [4.69, 9.17) is 0 Å². The van der Waals surface area contributed by atoms with E-state index in [9.17, 15) is 18.1 Å². The number of hydrogen-bond donors (Lipinski definition) is 1. The summed E-state index contributed by atoms with van der Waals surface area (Å²) < 4.78 is 31.5. The molecule has 0 unspecified atom stereocenters. The van der Waals surface area contributed by atoms with Crippen molar-refractivity contribution in [3.63, 3.8) is 0 Å². The van der Waals surface area contributed by atoms with E-state index in [2.05, 4.69) is 0 Å². The fraction of sp³-hybridized carbons (Fsp3) is 1.00. The molecule has 1 rings (SSSR count). The van der Waals surface area contributed by atoms with Crippen molar-refractivity contribution in [2.45, 2.75) is 37.0 Å². The molecule has 1 aliphatic carbocycles. The van der Waals surface area contributed by atoms with Crippen LogP contribution < -0.4 is 0 Å². The second-order valence-electron chi connectivity index (χ2n) is 2.96. The predicted octanol–water partition coefficient (Wildman–Crippen LogP) is 0.184. The third kappa shape index (κ3) is 1.72. The quantitative estimate of drug-likeness (QED) is 0.582. The topological polar surface area (TPSA) is 77.4 Å². The summed E-state index contributed by atoms with van der Waals surface area (Å²) in [5.74, 6) is 0. The van der Waals surface area contributed by atoms with Gasteiger partial charge >= 0.3 is 0 Å². The van der Waals surface area contributed by atoms with Crippen molar-refractivity contribution < 1.29 is 18.1 Å². The molecular weight excluding hydrogens is 168 g/mol. The van der Waals surface area contributed by atoms with Crippen molar-refractivity contribution in [2.24, 2.45) is 0 Å². The minimum Gasteiger partial charge on any atom is -0.746 e. The van der Waals surface area contributed by atoms with Crippen molar-refractivity contribution in [2.75, 3.05) is 0 Å². The van der Waals surface area contributed by atoms with Crippen LogP contribution in [0.25, 0.3) is 0 Å².